The fourth-order valence-corrected chi connectivity index (χ4v) is 5.24. The minimum atomic E-state index is -3.53. The van der Waals surface area contributed by atoms with Crippen LogP contribution in [0.3, 0.4) is 0 Å². The standard InChI is InChI=1S/C20H22Cl2N2O3S/c1-14-7-8-18(11-19(14)22)23-20(25)16-5-3-9-24(12-16)28(26,27)13-15-4-2-6-17(21)10-15/h2,4,6-8,10-11,16H,3,5,9,12-13H2,1H3,(H,23,25)/t16-/m0/s1. The van der Waals surface area contributed by atoms with E-state index in [1.807, 2.05) is 13.0 Å². The summed E-state index contributed by atoms with van der Waals surface area (Å²) >= 11 is 12.1. The molecular weight excluding hydrogens is 419 g/mol. The molecule has 8 heteroatoms. The van der Waals surface area contributed by atoms with E-state index in [0.717, 1.165) is 5.56 Å². The molecule has 0 aromatic heterocycles. The van der Waals surface area contributed by atoms with Crippen LogP contribution in [0.15, 0.2) is 42.5 Å². The Balaban J connectivity index is 1.67. The largest absolute Gasteiger partial charge is 0.326 e. The molecule has 5 nitrogen and oxygen atoms in total. The van der Waals surface area contributed by atoms with Crippen molar-refractivity contribution in [1.82, 2.24) is 4.31 Å². The van der Waals surface area contributed by atoms with E-state index in [2.05, 4.69) is 5.32 Å². The molecule has 1 saturated heterocycles. The molecule has 1 aliphatic rings. The first kappa shape index (κ1) is 21.1. The lowest BCUT2D eigenvalue weighted by Gasteiger charge is -2.31. The highest BCUT2D eigenvalue weighted by Gasteiger charge is 2.32. The molecule has 0 aliphatic carbocycles. The van der Waals surface area contributed by atoms with Crippen LogP contribution in [0.4, 0.5) is 5.69 Å². The number of carbonyl (C=O) groups is 1. The van der Waals surface area contributed by atoms with Crippen molar-refractivity contribution in [1.29, 1.82) is 0 Å². The number of nitrogens with zero attached hydrogens (tertiary/aromatic N) is 1. The highest BCUT2D eigenvalue weighted by Crippen LogP contribution is 2.25. The van der Waals surface area contributed by atoms with Crippen LogP contribution in [-0.2, 0) is 20.6 Å². The van der Waals surface area contributed by atoms with Crippen molar-refractivity contribution >= 4 is 44.8 Å². The monoisotopic (exact) mass is 440 g/mol. The van der Waals surface area contributed by atoms with Gasteiger partial charge in [-0.2, -0.15) is 0 Å². The predicted octanol–water partition coefficient (Wildman–Crippen LogP) is 4.48. The van der Waals surface area contributed by atoms with Gasteiger partial charge in [0.05, 0.1) is 11.7 Å². The Kier molecular flexibility index (Phi) is 6.65. The van der Waals surface area contributed by atoms with Crippen molar-refractivity contribution in [2.75, 3.05) is 18.4 Å². The number of rotatable bonds is 5. The summed E-state index contributed by atoms with van der Waals surface area (Å²) in [5.41, 5.74) is 2.17. The average Bonchev–Trinajstić information content (AvgIpc) is 2.64. The van der Waals surface area contributed by atoms with E-state index in [1.165, 1.54) is 4.31 Å². The molecule has 1 aliphatic heterocycles. The van der Waals surface area contributed by atoms with E-state index < -0.39 is 15.9 Å². The Labute approximate surface area is 175 Å². The van der Waals surface area contributed by atoms with Gasteiger partial charge in [0.25, 0.3) is 0 Å². The maximum absolute atomic E-state index is 12.8. The van der Waals surface area contributed by atoms with E-state index in [0.29, 0.717) is 40.7 Å². The Hall–Kier alpha value is -1.60. The second kappa shape index (κ2) is 8.82. The summed E-state index contributed by atoms with van der Waals surface area (Å²) in [5, 5.41) is 3.92. The molecule has 0 saturated carbocycles. The van der Waals surface area contributed by atoms with Gasteiger partial charge in [-0.05, 0) is 55.2 Å². The SMILES string of the molecule is Cc1ccc(NC(=O)[C@H]2CCCN(S(=O)(=O)Cc3cccc(Cl)c3)C2)cc1Cl. The molecule has 0 spiro atoms. The zero-order valence-electron chi connectivity index (χ0n) is 15.5. The Morgan fingerprint density at radius 2 is 2.00 bits per heavy atom. The van der Waals surface area contributed by atoms with Gasteiger partial charge in [-0.3, -0.25) is 4.79 Å². The summed E-state index contributed by atoms with van der Waals surface area (Å²) in [4.78, 5) is 12.6. The fourth-order valence-electron chi connectivity index (χ4n) is 3.25. The van der Waals surface area contributed by atoms with Crippen LogP contribution in [0.2, 0.25) is 10.0 Å². The Morgan fingerprint density at radius 1 is 1.21 bits per heavy atom. The van der Waals surface area contributed by atoms with Gasteiger partial charge in [-0.1, -0.05) is 41.4 Å². The van der Waals surface area contributed by atoms with Gasteiger partial charge >= 0.3 is 0 Å². The molecule has 28 heavy (non-hydrogen) atoms. The number of carbonyl (C=O) groups excluding carboxylic acids is 1. The third-order valence-electron chi connectivity index (χ3n) is 4.83. The number of hydrogen-bond donors (Lipinski definition) is 1. The number of nitrogens with one attached hydrogen (secondary N) is 1. The van der Waals surface area contributed by atoms with Gasteiger partial charge in [-0.15, -0.1) is 0 Å². The maximum atomic E-state index is 12.8. The third-order valence-corrected chi connectivity index (χ3v) is 7.28. The van der Waals surface area contributed by atoms with Crippen molar-refractivity contribution in [2.45, 2.75) is 25.5 Å². The van der Waals surface area contributed by atoms with Crippen molar-refractivity contribution in [3.63, 3.8) is 0 Å². The second-order valence-corrected chi connectivity index (χ2v) is 9.85. The second-order valence-electron chi connectivity index (χ2n) is 7.04. The van der Waals surface area contributed by atoms with Crippen LogP contribution >= 0.6 is 23.2 Å². The first-order valence-corrected chi connectivity index (χ1v) is 11.4. The number of benzene rings is 2. The molecule has 2 aromatic carbocycles. The third kappa shape index (κ3) is 5.26. The van der Waals surface area contributed by atoms with Crippen LogP contribution in [0.25, 0.3) is 0 Å². The van der Waals surface area contributed by atoms with Gasteiger partial charge in [0.1, 0.15) is 0 Å². The van der Waals surface area contributed by atoms with E-state index in [9.17, 15) is 13.2 Å². The zero-order valence-corrected chi connectivity index (χ0v) is 17.8. The summed E-state index contributed by atoms with van der Waals surface area (Å²) < 4.78 is 27.0. The number of piperidine rings is 1. The summed E-state index contributed by atoms with van der Waals surface area (Å²) in [6.07, 6.45) is 1.29. The van der Waals surface area contributed by atoms with Gasteiger partial charge < -0.3 is 5.32 Å². The minimum Gasteiger partial charge on any atom is -0.326 e. The van der Waals surface area contributed by atoms with Crippen molar-refractivity contribution < 1.29 is 13.2 Å². The van der Waals surface area contributed by atoms with Gasteiger partial charge in [0.2, 0.25) is 15.9 Å². The Morgan fingerprint density at radius 3 is 2.71 bits per heavy atom. The van der Waals surface area contributed by atoms with Crippen molar-refractivity contribution in [3.8, 4) is 0 Å². The molecule has 1 fully saturated rings. The highest BCUT2D eigenvalue weighted by molar-refractivity contribution is 7.88. The van der Waals surface area contributed by atoms with Crippen LogP contribution in [-0.4, -0.2) is 31.7 Å². The minimum absolute atomic E-state index is 0.129. The van der Waals surface area contributed by atoms with Crippen LogP contribution in [0.5, 0.6) is 0 Å². The van der Waals surface area contributed by atoms with E-state index in [-0.39, 0.29) is 18.2 Å². The van der Waals surface area contributed by atoms with E-state index in [4.69, 9.17) is 23.2 Å². The smallest absolute Gasteiger partial charge is 0.228 e. The first-order chi connectivity index (χ1) is 13.2. The molecule has 1 heterocycles. The highest BCUT2D eigenvalue weighted by atomic mass is 35.5. The molecule has 1 N–H and O–H groups in total. The molecule has 1 amide bonds. The van der Waals surface area contributed by atoms with Crippen LogP contribution in [0, 0.1) is 12.8 Å². The summed E-state index contributed by atoms with van der Waals surface area (Å²) in [7, 11) is -3.53. The number of aryl methyl sites for hydroxylation is 1. The summed E-state index contributed by atoms with van der Waals surface area (Å²) in [6, 6.07) is 12.1. The predicted molar refractivity (Wildman–Crippen MR) is 113 cm³/mol. The van der Waals surface area contributed by atoms with E-state index in [1.54, 1.807) is 36.4 Å². The van der Waals surface area contributed by atoms with Crippen LogP contribution in [0.1, 0.15) is 24.0 Å². The lowest BCUT2D eigenvalue weighted by atomic mass is 9.98. The number of sulfonamides is 1. The molecule has 0 bridgehead atoms. The molecule has 0 radical (unpaired) electrons. The molecular formula is C20H22Cl2N2O3S. The molecule has 1 atom stereocenters. The summed E-state index contributed by atoms with van der Waals surface area (Å²) in [6.45, 7) is 2.48. The lowest BCUT2D eigenvalue weighted by Crippen LogP contribution is -2.44. The zero-order chi connectivity index (χ0) is 20.3. The Bertz CT molecular complexity index is 979. The van der Waals surface area contributed by atoms with Crippen LogP contribution < -0.4 is 5.32 Å². The number of anilines is 1. The van der Waals surface area contributed by atoms with Gasteiger partial charge in [0.15, 0.2) is 0 Å². The average molecular weight is 441 g/mol. The molecule has 0 unspecified atom stereocenters. The van der Waals surface area contributed by atoms with Crippen molar-refractivity contribution in [3.05, 3.63) is 63.6 Å². The number of amides is 1. The quantitative estimate of drug-likeness (QED) is 0.744. The molecule has 3 rings (SSSR count). The summed E-state index contributed by atoms with van der Waals surface area (Å²) in [5.74, 6) is -0.722. The number of halogens is 2. The number of hydrogen-bond acceptors (Lipinski definition) is 3. The van der Waals surface area contributed by atoms with Crippen molar-refractivity contribution in [2.24, 2.45) is 5.92 Å². The maximum Gasteiger partial charge on any atom is 0.228 e. The lowest BCUT2D eigenvalue weighted by molar-refractivity contribution is -0.120. The molecule has 2 aromatic rings. The van der Waals surface area contributed by atoms with E-state index >= 15 is 0 Å². The van der Waals surface area contributed by atoms with Gasteiger partial charge in [0, 0.05) is 28.8 Å². The normalized spacial score (nSPS) is 18.0. The molecule has 150 valence electrons. The fraction of sp³-hybridized carbons (Fsp3) is 0.350. The van der Waals surface area contributed by atoms with Gasteiger partial charge in [-0.25, -0.2) is 12.7 Å². The first-order valence-electron chi connectivity index (χ1n) is 9.04. The topological polar surface area (TPSA) is 66.5 Å².